The molecular formula is C13H19N3O2. The number of likely N-dealkylation sites (N-methyl/N-ethyl adjacent to an activating group) is 1. The van der Waals surface area contributed by atoms with Crippen molar-refractivity contribution in [2.75, 3.05) is 20.1 Å². The number of aromatic nitrogens is 1. The average molecular weight is 249 g/mol. The van der Waals surface area contributed by atoms with Gasteiger partial charge in [-0.05, 0) is 45.5 Å². The van der Waals surface area contributed by atoms with E-state index < -0.39 is 0 Å². The molecule has 1 aromatic heterocycles. The first-order valence-electron chi connectivity index (χ1n) is 6.25. The van der Waals surface area contributed by atoms with Gasteiger partial charge in [0.2, 0.25) is 0 Å². The number of rotatable bonds is 2. The summed E-state index contributed by atoms with van der Waals surface area (Å²) in [6.07, 6.45) is 2.05. The zero-order valence-corrected chi connectivity index (χ0v) is 10.8. The molecule has 18 heavy (non-hydrogen) atoms. The summed E-state index contributed by atoms with van der Waals surface area (Å²) in [7, 11) is 2.04. The van der Waals surface area contributed by atoms with Gasteiger partial charge in [0.15, 0.2) is 0 Å². The summed E-state index contributed by atoms with van der Waals surface area (Å²) in [4.78, 5) is 28.5. The Bertz CT molecular complexity index is 495. The summed E-state index contributed by atoms with van der Waals surface area (Å²) >= 11 is 0. The van der Waals surface area contributed by atoms with Crippen LogP contribution >= 0.6 is 0 Å². The lowest BCUT2D eigenvalue weighted by atomic mass is 10.1. The molecule has 5 heteroatoms. The fourth-order valence-corrected chi connectivity index (χ4v) is 2.30. The van der Waals surface area contributed by atoms with Crippen LogP contribution in [0.4, 0.5) is 0 Å². The van der Waals surface area contributed by atoms with Crippen molar-refractivity contribution < 1.29 is 4.79 Å². The molecule has 0 bridgehead atoms. The van der Waals surface area contributed by atoms with Crippen molar-refractivity contribution >= 4 is 5.91 Å². The summed E-state index contributed by atoms with van der Waals surface area (Å²) in [5, 5.41) is 2.93. The first-order chi connectivity index (χ1) is 8.56. The van der Waals surface area contributed by atoms with Crippen molar-refractivity contribution in [1.82, 2.24) is 15.2 Å². The maximum absolute atomic E-state index is 12.0. The van der Waals surface area contributed by atoms with Gasteiger partial charge >= 0.3 is 0 Å². The minimum Gasteiger partial charge on any atom is -0.348 e. The number of H-pyrrole nitrogens is 1. The molecule has 1 amide bonds. The van der Waals surface area contributed by atoms with Crippen molar-refractivity contribution in [1.29, 1.82) is 0 Å². The quantitative estimate of drug-likeness (QED) is 0.802. The van der Waals surface area contributed by atoms with E-state index in [0.29, 0.717) is 0 Å². The minimum absolute atomic E-state index is 0.136. The largest absolute Gasteiger partial charge is 0.348 e. The third kappa shape index (κ3) is 2.98. The molecule has 1 aliphatic heterocycles. The van der Waals surface area contributed by atoms with Crippen molar-refractivity contribution in [2.45, 2.75) is 25.8 Å². The lowest BCUT2D eigenvalue weighted by molar-refractivity contribution is 0.0911. The van der Waals surface area contributed by atoms with E-state index in [9.17, 15) is 9.59 Å². The number of amides is 1. The van der Waals surface area contributed by atoms with Crippen molar-refractivity contribution in [2.24, 2.45) is 0 Å². The van der Waals surface area contributed by atoms with Crippen LogP contribution in [0, 0.1) is 6.92 Å². The van der Waals surface area contributed by atoms with E-state index in [1.165, 1.54) is 0 Å². The Hall–Kier alpha value is -1.62. The number of aromatic amines is 1. The maximum Gasteiger partial charge on any atom is 0.260 e. The summed E-state index contributed by atoms with van der Waals surface area (Å²) < 4.78 is 0. The van der Waals surface area contributed by atoms with Gasteiger partial charge in [-0.3, -0.25) is 9.59 Å². The highest BCUT2D eigenvalue weighted by atomic mass is 16.2. The fourth-order valence-electron chi connectivity index (χ4n) is 2.30. The Labute approximate surface area is 106 Å². The standard InChI is InChI=1S/C13H19N3O2/c1-9-5-6-11(12(17)14-9)13(18)15-10-4-3-7-16(2)8-10/h5-6,10H,3-4,7-8H2,1-2H3,(H,14,17)(H,15,18). The summed E-state index contributed by atoms with van der Waals surface area (Å²) in [6, 6.07) is 3.45. The number of aryl methyl sites for hydroxylation is 1. The number of carbonyl (C=O) groups is 1. The fraction of sp³-hybridized carbons (Fsp3) is 0.538. The summed E-state index contributed by atoms with van der Waals surface area (Å²) in [5.41, 5.74) is 0.624. The van der Waals surface area contributed by atoms with Crippen LogP contribution in [0.3, 0.4) is 0 Å². The number of pyridine rings is 1. The van der Waals surface area contributed by atoms with E-state index in [0.717, 1.165) is 31.6 Å². The van der Waals surface area contributed by atoms with E-state index in [-0.39, 0.29) is 23.1 Å². The molecular weight excluding hydrogens is 230 g/mol. The SMILES string of the molecule is Cc1ccc(C(=O)NC2CCCN(C)C2)c(=O)[nH]1. The van der Waals surface area contributed by atoms with Crippen LogP contribution in [0.1, 0.15) is 28.9 Å². The number of likely N-dealkylation sites (tertiary alicyclic amines) is 1. The Morgan fingerprint density at radius 2 is 2.28 bits per heavy atom. The first-order valence-corrected chi connectivity index (χ1v) is 6.25. The van der Waals surface area contributed by atoms with Gasteiger partial charge in [-0.2, -0.15) is 0 Å². The second kappa shape index (κ2) is 5.35. The van der Waals surface area contributed by atoms with Crippen LogP contribution < -0.4 is 10.9 Å². The lowest BCUT2D eigenvalue weighted by Gasteiger charge is -2.30. The third-order valence-electron chi connectivity index (χ3n) is 3.26. The number of carbonyl (C=O) groups excluding carboxylic acids is 1. The number of nitrogens with zero attached hydrogens (tertiary/aromatic N) is 1. The van der Waals surface area contributed by atoms with Crippen LogP contribution in [-0.4, -0.2) is 42.0 Å². The van der Waals surface area contributed by atoms with Crippen molar-refractivity contribution in [3.05, 3.63) is 33.7 Å². The summed E-state index contributed by atoms with van der Waals surface area (Å²) in [5.74, 6) is -0.281. The van der Waals surface area contributed by atoms with Crippen LogP contribution in [0.2, 0.25) is 0 Å². The zero-order valence-electron chi connectivity index (χ0n) is 10.8. The molecule has 0 aliphatic carbocycles. The third-order valence-corrected chi connectivity index (χ3v) is 3.26. The Balaban J connectivity index is 2.05. The Morgan fingerprint density at radius 3 is 2.94 bits per heavy atom. The molecule has 0 aromatic carbocycles. The molecule has 0 spiro atoms. The normalized spacial score (nSPS) is 20.7. The molecule has 1 aliphatic rings. The molecule has 1 aromatic rings. The van der Waals surface area contributed by atoms with Crippen LogP contribution in [-0.2, 0) is 0 Å². The molecule has 0 radical (unpaired) electrons. The molecule has 0 saturated carbocycles. The van der Waals surface area contributed by atoms with E-state index in [1.54, 1.807) is 19.1 Å². The van der Waals surface area contributed by atoms with Gasteiger partial charge in [0, 0.05) is 18.3 Å². The predicted octanol–water partition coefficient (Wildman–Crippen LogP) is 0.507. The van der Waals surface area contributed by atoms with E-state index >= 15 is 0 Å². The molecule has 1 saturated heterocycles. The molecule has 5 nitrogen and oxygen atoms in total. The number of hydrogen-bond acceptors (Lipinski definition) is 3. The smallest absolute Gasteiger partial charge is 0.260 e. The van der Waals surface area contributed by atoms with Crippen LogP contribution in [0.25, 0.3) is 0 Å². The second-order valence-corrected chi connectivity index (χ2v) is 4.96. The van der Waals surface area contributed by atoms with E-state index in [1.807, 2.05) is 7.05 Å². The highest BCUT2D eigenvalue weighted by molar-refractivity contribution is 5.94. The Morgan fingerprint density at radius 1 is 1.50 bits per heavy atom. The molecule has 2 rings (SSSR count). The number of hydrogen-bond donors (Lipinski definition) is 2. The van der Waals surface area contributed by atoms with Gasteiger partial charge in [-0.25, -0.2) is 0 Å². The van der Waals surface area contributed by atoms with Crippen molar-refractivity contribution in [3.63, 3.8) is 0 Å². The molecule has 1 atom stereocenters. The predicted molar refractivity (Wildman–Crippen MR) is 69.8 cm³/mol. The van der Waals surface area contributed by atoms with Gasteiger partial charge in [-0.15, -0.1) is 0 Å². The van der Waals surface area contributed by atoms with Crippen LogP contribution in [0.15, 0.2) is 16.9 Å². The van der Waals surface area contributed by atoms with Crippen molar-refractivity contribution in [3.8, 4) is 0 Å². The first kappa shape index (κ1) is 12.8. The highest BCUT2D eigenvalue weighted by Gasteiger charge is 2.20. The van der Waals surface area contributed by atoms with Gasteiger partial charge < -0.3 is 15.2 Å². The molecule has 2 heterocycles. The van der Waals surface area contributed by atoms with Gasteiger partial charge in [0.05, 0.1) is 0 Å². The lowest BCUT2D eigenvalue weighted by Crippen LogP contribution is -2.47. The van der Waals surface area contributed by atoms with Gasteiger partial charge in [0.1, 0.15) is 5.56 Å². The van der Waals surface area contributed by atoms with E-state index in [2.05, 4.69) is 15.2 Å². The molecule has 98 valence electrons. The summed E-state index contributed by atoms with van der Waals surface area (Å²) in [6.45, 7) is 3.70. The zero-order chi connectivity index (χ0) is 13.1. The second-order valence-electron chi connectivity index (χ2n) is 4.96. The Kier molecular flexibility index (Phi) is 3.81. The molecule has 1 fully saturated rings. The van der Waals surface area contributed by atoms with Crippen LogP contribution in [0.5, 0.6) is 0 Å². The van der Waals surface area contributed by atoms with Gasteiger partial charge in [0.25, 0.3) is 11.5 Å². The monoisotopic (exact) mass is 249 g/mol. The van der Waals surface area contributed by atoms with E-state index in [4.69, 9.17) is 0 Å². The van der Waals surface area contributed by atoms with Gasteiger partial charge in [-0.1, -0.05) is 0 Å². The minimum atomic E-state index is -0.323. The molecule has 1 unspecified atom stereocenters. The highest BCUT2D eigenvalue weighted by Crippen LogP contribution is 2.08. The topological polar surface area (TPSA) is 65.2 Å². The average Bonchev–Trinajstić information content (AvgIpc) is 2.28. The number of piperidine rings is 1. The number of nitrogens with one attached hydrogen (secondary N) is 2. The molecule has 2 N–H and O–H groups in total. The maximum atomic E-state index is 12.0.